The van der Waals surface area contributed by atoms with Gasteiger partial charge in [-0.05, 0) is 48.8 Å². The Morgan fingerprint density at radius 2 is 1.95 bits per heavy atom. The summed E-state index contributed by atoms with van der Waals surface area (Å²) in [5.41, 5.74) is 6.06. The summed E-state index contributed by atoms with van der Waals surface area (Å²) in [5.74, 6) is 1.87. The third kappa shape index (κ3) is 2.66. The molecule has 0 saturated heterocycles. The van der Waals surface area contributed by atoms with Gasteiger partial charge in [0.05, 0.1) is 0 Å². The van der Waals surface area contributed by atoms with Crippen LogP contribution >= 0.6 is 0 Å². The van der Waals surface area contributed by atoms with Gasteiger partial charge in [0.1, 0.15) is 5.94 Å². The summed E-state index contributed by atoms with van der Waals surface area (Å²) in [5, 5.41) is 8.42. The molecule has 0 atom stereocenters. The minimum atomic E-state index is 0.147. The second-order valence-electron chi connectivity index (χ2n) is 6.45. The summed E-state index contributed by atoms with van der Waals surface area (Å²) in [6.07, 6.45) is 3.23. The fraction of sp³-hybridized carbons (Fsp3) is 0.389. The fourth-order valence-corrected chi connectivity index (χ4v) is 3.27. The first-order chi connectivity index (χ1) is 9.35. The number of aryl methyl sites for hydroxylation is 1. The Morgan fingerprint density at radius 1 is 1.25 bits per heavy atom. The van der Waals surface area contributed by atoms with Crippen molar-refractivity contribution in [3.63, 3.8) is 0 Å². The molecular weight excluding hydrogens is 246 g/mol. The van der Waals surface area contributed by atoms with Gasteiger partial charge in [0.2, 0.25) is 0 Å². The monoisotopic (exact) mass is 267 g/mol. The minimum Gasteiger partial charge on any atom is -0.305 e. The topological polar surface area (TPSA) is 40.9 Å². The smallest absolute Gasteiger partial charge is 0.125 e. The molecule has 0 heterocycles. The van der Waals surface area contributed by atoms with Gasteiger partial charge in [-0.1, -0.05) is 37.6 Å². The van der Waals surface area contributed by atoms with Crippen molar-refractivity contribution in [2.75, 3.05) is 0 Å². The maximum absolute atomic E-state index is 10.7. The van der Waals surface area contributed by atoms with E-state index in [0.29, 0.717) is 5.71 Å². The molecule has 2 rings (SSSR count). The zero-order chi connectivity index (χ0) is 14.9. The molecule has 1 N–H and O–H groups in total. The lowest BCUT2D eigenvalue weighted by Gasteiger charge is -2.33. The molecule has 0 aliphatic heterocycles. The van der Waals surface area contributed by atoms with E-state index in [1.165, 1.54) is 11.6 Å². The molecule has 2 heteroatoms. The molecule has 1 aromatic carbocycles. The van der Waals surface area contributed by atoms with Gasteiger partial charge >= 0.3 is 0 Å². The second kappa shape index (κ2) is 5.22. The van der Waals surface area contributed by atoms with Gasteiger partial charge in [-0.15, -0.1) is 0 Å². The molecule has 20 heavy (non-hydrogen) atoms. The largest absolute Gasteiger partial charge is 0.305 e. The standard InChI is InChI=1S/C18H21NO/c1-12-6-5-7-14(8-9-20)16(12)17-13(2)10-18(3,4)11-15(17)19/h5-8,19H,10-11H2,1-4H3. The van der Waals surface area contributed by atoms with Crippen LogP contribution in [0.2, 0.25) is 0 Å². The Morgan fingerprint density at radius 3 is 2.55 bits per heavy atom. The maximum atomic E-state index is 10.7. The summed E-state index contributed by atoms with van der Waals surface area (Å²) >= 11 is 0. The lowest BCUT2D eigenvalue weighted by atomic mass is 9.71. The second-order valence-corrected chi connectivity index (χ2v) is 6.45. The van der Waals surface area contributed by atoms with Crippen LogP contribution in [0.4, 0.5) is 0 Å². The van der Waals surface area contributed by atoms with Crippen molar-refractivity contribution < 1.29 is 4.79 Å². The molecule has 0 aromatic heterocycles. The van der Waals surface area contributed by atoms with Crippen LogP contribution in [0.3, 0.4) is 0 Å². The van der Waals surface area contributed by atoms with Gasteiger partial charge in [0, 0.05) is 17.4 Å². The van der Waals surface area contributed by atoms with Crippen molar-refractivity contribution in [3.8, 4) is 0 Å². The molecule has 1 aliphatic rings. The molecule has 0 bridgehead atoms. The zero-order valence-electron chi connectivity index (χ0n) is 12.6. The lowest BCUT2D eigenvalue weighted by molar-refractivity contribution is 0.374. The molecule has 1 aliphatic carbocycles. The molecule has 104 valence electrons. The van der Waals surface area contributed by atoms with Crippen LogP contribution < -0.4 is 0 Å². The Bertz CT molecular complexity index is 643. The summed E-state index contributed by atoms with van der Waals surface area (Å²) in [6, 6.07) is 5.89. The molecular formula is C18H21NO. The van der Waals surface area contributed by atoms with Crippen LogP contribution in [-0.4, -0.2) is 11.7 Å². The predicted octanol–water partition coefficient (Wildman–Crippen LogP) is 4.45. The molecule has 0 unspecified atom stereocenters. The van der Waals surface area contributed by atoms with E-state index in [-0.39, 0.29) is 5.41 Å². The molecule has 1 aromatic rings. The maximum Gasteiger partial charge on any atom is 0.125 e. The van der Waals surface area contributed by atoms with E-state index < -0.39 is 0 Å². The van der Waals surface area contributed by atoms with Crippen LogP contribution in [-0.2, 0) is 4.79 Å². The molecule has 0 spiro atoms. The number of allylic oxidation sites excluding steroid dienone is 2. The van der Waals surface area contributed by atoms with Crippen molar-refractivity contribution in [2.24, 2.45) is 5.41 Å². The summed E-state index contributed by atoms with van der Waals surface area (Å²) in [7, 11) is 0. The molecule has 0 fully saturated rings. The number of hydrogen-bond donors (Lipinski definition) is 1. The van der Waals surface area contributed by atoms with Crippen molar-refractivity contribution in [1.29, 1.82) is 5.41 Å². The van der Waals surface area contributed by atoms with E-state index in [1.54, 1.807) is 0 Å². The highest BCUT2D eigenvalue weighted by molar-refractivity contribution is 6.25. The third-order valence-electron chi connectivity index (χ3n) is 3.90. The van der Waals surface area contributed by atoms with Gasteiger partial charge in [0.25, 0.3) is 0 Å². The molecule has 0 saturated carbocycles. The number of benzene rings is 1. The normalized spacial score (nSPS) is 17.9. The van der Waals surface area contributed by atoms with Crippen LogP contribution in [0.1, 0.15) is 50.3 Å². The Hall–Kier alpha value is -1.92. The SMILES string of the molecule is CC1=C(c2c(C)cccc2C=C=O)C(=N)CC(C)(C)C1. The molecule has 2 nitrogen and oxygen atoms in total. The lowest BCUT2D eigenvalue weighted by Crippen LogP contribution is -2.24. The highest BCUT2D eigenvalue weighted by Gasteiger charge is 2.30. The van der Waals surface area contributed by atoms with E-state index in [1.807, 2.05) is 31.1 Å². The predicted molar refractivity (Wildman–Crippen MR) is 84.7 cm³/mol. The molecule has 0 amide bonds. The number of carbonyl (C=O) groups excluding carboxylic acids is 1. The van der Waals surface area contributed by atoms with Crippen molar-refractivity contribution in [1.82, 2.24) is 0 Å². The highest BCUT2D eigenvalue weighted by atomic mass is 16.1. The summed E-state index contributed by atoms with van der Waals surface area (Å²) < 4.78 is 0. The first-order valence-corrected chi connectivity index (χ1v) is 6.94. The average Bonchev–Trinajstić information content (AvgIpc) is 2.30. The molecule has 0 radical (unpaired) electrons. The van der Waals surface area contributed by atoms with Gasteiger partial charge in [-0.25, -0.2) is 4.79 Å². The van der Waals surface area contributed by atoms with Crippen LogP contribution in [0.15, 0.2) is 23.8 Å². The highest BCUT2D eigenvalue weighted by Crippen LogP contribution is 2.41. The van der Waals surface area contributed by atoms with E-state index in [9.17, 15) is 4.79 Å². The van der Waals surface area contributed by atoms with Gasteiger partial charge in [-0.3, -0.25) is 0 Å². The fourth-order valence-electron chi connectivity index (χ4n) is 3.27. The van der Waals surface area contributed by atoms with E-state index in [0.717, 1.165) is 35.1 Å². The first kappa shape index (κ1) is 14.5. The van der Waals surface area contributed by atoms with Gasteiger partial charge in [0.15, 0.2) is 0 Å². The Kier molecular flexibility index (Phi) is 3.78. The number of rotatable bonds is 2. The van der Waals surface area contributed by atoms with Crippen molar-refractivity contribution in [3.05, 3.63) is 40.5 Å². The van der Waals surface area contributed by atoms with Crippen molar-refractivity contribution in [2.45, 2.75) is 40.5 Å². The summed E-state index contributed by atoms with van der Waals surface area (Å²) in [4.78, 5) is 10.7. The number of hydrogen-bond acceptors (Lipinski definition) is 2. The zero-order valence-corrected chi connectivity index (χ0v) is 12.6. The summed E-state index contributed by atoms with van der Waals surface area (Å²) in [6.45, 7) is 8.54. The van der Waals surface area contributed by atoms with Crippen LogP contribution in [0.25, 0.3) is 11.6 Å². The van der Waals surface area contributed by atoms with Crippen LogP contribution in [0.5, 0.6) is 0 Å². The Labute approximate surface area is 120 Å². The Balaban J connectivity index is 2.68. The van der Waals surface area contributed by atoms with E-state index >= 15 is 0 Å². The van der Waals surface area contributed by atoms with Crippen LogP contribution in [0, 0.1) is 17.7 Å². The van der Waals surface area contributed by atoms with Gasteiger partial charge < -0.3 is 5.41 Å². The van der Waals surface area contributed by atoms with Gasteiger partial charge in [-0.2, -0.15) is 0 Å². The quantitative estimate of drug-likeness (QED) is 0.790. The van der Waals surface area contributed by atoms with Crippen molar-refractivity contribution >= 4 is 23.3 Å². The average molecular weight is 267 g/mol. The number of nitrogens with one attached hydrogen (secondary N) is 1. The van der Waals surface area contributed by atoms with E-state index in [4.69, 9.17) is 5.41 Å². The first-order valence-electron chi connectivity index (χ1n) is 6.94. The van der Waals surface area contributed by atoms with E-state index in [2.05, 4.69) is 20.8 Å². The third-order valence-corrected chi connectivity index (χ3v) is 3.90. The minimum absolute atomic E-state index is 0.147.